The molecule has 0 fully saturated rings. The number of rotatable bonds is 8. The Labute approximate surface area is 192 Å². The van der Waals surface area contributed by atoms with E-state index in [2.05, 4.69) is 80.2 Å². The molecule has 5 aromatic rings. The van der Waals surface area contributed by atoms with E-state index in [1.165, 1.54) is 5.56 Å². The lowest BCUT2D eigenvalue weighted by atomic mass is 10.1. The van der Waals surface area contributed by atoms with Gasteiger partial charge in [0.15, 0.2) is 0 Å². The molecule has 0 radical (unpaired) electrons. The number of nitrogens with one attached hydrogen (secondary N) is 1. The van der Waals surface area contributed by atoms with Crippen molar-refractivity contribution in [2.45, 2.75) is 19.4 Å². The van der Waals surface area contributed by atoms with E-state index in [1.807, 2.05) is 42.5 Å². The van der Waals surface area contributed by atoms with Crippen LogP contribution in [0.3, 0.4) is 0 Å². The summed E-state index contributed by atoms with van der Waals surface area (Å²) >= 11 is 0. The molecule has 0 amide bonds. The van der Waals surface area contributed by atoms with Crippen LogP contribution < -0.4 is 4.74 Å². The summed E-state index contributed by atoms with van der Waals surface area (Å²) in [7, 11) is 0. The Morgan fingerprint density at radius 3 is 2.52 bits per heavy atom. The number of hydrogen-bond acceptors (Lipinski definition) is 5. The van der Waals surface area contributed by atoms with Gasteiger partial charge >= 0.3 is 0 Å². The van der Waals surface area contributed by atoms with Crippen molar-refractivity contribution in [1.29, 1.82) is 0 Å². The highest BCUT2D eigenvalue weighted by Crippen LogP contribution is 2.19. The normalized spacial score (nSPS) is 11.3. The summed E-state index contributed by atoms with van der Waals surface area (Å²) < 4.78 is 6.00. The van der Waals surface area contributed by atoms with Gasteiger partial charge < -0.3 is 4.74 Å². The fourth-order valence-electron chi connectivity index (χ4n) is 3.65. The van der Waals surface area contributed by atoms with Gasteiger partial charge in [-0.05, 0) is 57.8 Å². The van der Waals surface area contributed by atoms with E-state index >= 15 is 0 Å². The molecular formula is C27H23N5O. The van der Waals surface area contributed by atoms with Gasteiger partial charge in [0, 0.05) is 11.8 Å². The Morgan fingerprint density at radius 1 is 0.788 bits per heavy atom. The molecule has 0 aliphatic rings. The molecule has 6 nitrogen and oxygen atoms in total. The minimum atomic E-state index is 0.431. The predicted octanol–water partition coefficient (Wildman–Crippen LogP) is 5.28. The summed E-state index contributed by atoms with van der Waals surface area (Å²) in [5.41, 5.74) is 5.36. The second-order valence-corrected chi connectivity index (χ2v) is 7.78. The first-order valence-corrected chi connectivity index (χ1v) is 10.9. The smallest absolute Gasteiger partial charge is 0.148 e. The summed E-state index contributed by atoms with van der Waals surface area (Å²) in [6, 6.07) is 28.8. The Balaban J connectivity index is 1.22. The lowest BCUT2D eigenvalue weighted by Crippen LogP contribution is -1.98. The third-order valence-electron chi connectivity index (χ3n) is 5.36. The van der Waals surface area contributed by atoms with Crippen LogP contribution >= 0.6 is 0 Å². The van der Waals surface area contributed by atoms with Gasteiger partial charge in [0.05, 0.1) is 11.2 Å². The summed E-state index contributed by atoms with van der Waals surface area (Å²) in [5.74, 6) is 1.62. The van der Waals surface area contributed by atoms with Gasteiger partial charge in [-0.1, -0.05) is 72.8 Å². The van der Waals surface area contributed by atoms with Crippen LogP contribution in [-0.4, -0.2) is 25.6 Å². The summed E-state index contributed by atoms with van der Waals surface area (Å²) in [6.45, 7) is 0.431. The van der Waals surface area contributed by atoms with Gasteiger partial charge in [-0.2, -0.15) is 0 Å². The molecule has 162 valence electrons. The van der Waals surface area contributed by atoms with Crippen LogP contribution in [0, 0.1) is 0 Å². The first-order chi connectivity index (χ1) is 16.3. The van der Waals surface area contributed by atoms with E-state index in [-0.39, 0.29) is 0 Å². The van der Waals surface area contributed by atoms with Gasteiger partial charge in [-0.25, -0.2) is 10.1 Å². The molecule has 2 aromatic heterocycles. The number of aromatic amines is 1. The van der Waals surface area contributed by atoms with Gasteiger partial charge in [0.25, 0.3) is 0 Å². The number of hydrogen-bond donors (Lipinski definition) is 1. The number of aryl methyl sites for hydroxylation is 2. The first-order valence-electron chi connectivity index (χ1n) is 10.9. The Bertz CT molecular complexity index is 1380. The van der Waals surface area contributed by atoms with Crippen molar-refractivity contribution in [1.82, 2.24) is 25.6 Å². The average Bonchev–Trinajstić information content (AvgIpc) is 3.39. The number of aromatic nitrogens is 5. The van der Waals surface area contributed by atoms with Crippen LogP contribution in [-0.2, 0) is 19.4 Å². The number of H-pyrrole nitrogens is 1. The van der Waals surface area contributed by atoms with Crippen molar-refractivity contribution < 1.29 is 4.74 Å². The van der Waals surface area contributed by atoms with Crippen LogP contribution in [0.4, 0.5) is 0 Å². The maximum atomic E-state index is 6.00. The molecule has 0 saturated heterocycles. The maximum Gasteiger partial charge on any atom is 0.148 e. The van der Waals surface area contributed by atoms with Crippen LogP contribution in [0.5, 0.6) is 5.75 Å². The minimum Gasteiger partial charge on any atom is -0.487 e. The first kappa shape index (κ1) is 20.6. The highest BCUT2D eigenvalue weighted by Gasteiger charge is 2.02. The molecule has 3 aromatic carbocycles. The molecule has 6 heteroatoms. The van der Waals surface area contributed by atoms with E-state index in [9.17, 15) is 0 Å². The maximum absolute atomic E-state index is 6.00. The molecule has 0 atom stereocenters. The standard InChI is InChI=1S/C27H23N5O/c1-2-10-26-23(8-1)14-15-24(28-26)19-33-25-9-4-7-22(18-25)12-11-20-5-3-6-21(17-20)13-16-27-29-31-32-30-27/h1-12,14-15,17-18H,13,16,19H2,(H,29,30,31,32)/b12-11+. The number of ether oxygens (including phenoxy) is 1. The Hall–Kier alpha value is -4.32. The number of pyridine rings is 1. The lowest BCUT2D eigenvalue weighted by molar-refractivity contribution is 0.302. The van der Waals surface area contributed by atoms with Crippen LogP contribution in [0.1, 0.15) is 28.2 Å². The highest BCUT2D eigenvalue weighted by molar-refractivity contribution is 5.78. The fourth-order valence-corrected chi connectivity index (χ4v) is 3.65. The van der Waals surface area contributed by atoms with Gasteiger partial charge in [0.2, 0.25) is 0 Å². The van der Waals surface area contributed by atoms with Crippen molar-refractivity contribution in [3.8, 4) is 5.75 Å². The number of benzene rings is 3. The molecule has 1 N–H and O–H groups in total. The zero-order valence-electron chi connectivity index (χ0n) is 18.1. The van der Waals surface area contributed by atoms with Crippen LogP contribution in [0.25, 0.3) is 23.1 Å². The number of tetrazole rings is 1. The van der Waals surface area contributed by atoms with Crippen molar-refractivity contribution >= 4 is 23.1 Å². The number of fused-ring (bicyclic) bond motifs is 1. The number of nitrogens with zero attached hydrogens (tertiary/aromatic N) is 4. The van der Waals surface area contributed by atoms with Crippen LogP contribution in [0.2, 0.25) is 0 Å². The van der Waals surface area contributed by atoms with Crippen molar-refractivity contribution in [3.63, 3.8) is 0 Å². The lowest BCUT2D eigenvalue weighted by Gasteiger charge is -2.07. The minimum absolute atomic E-state index is 0.431. The van der Waals surface area contributed by atoms with Crippen molar-refractivity contribution in [2.24, 2.45) is 0 Å². The molecule has 0 spiro atoms. The summed E-state index contributed by atoms with van der Waals surface area (Å²) in [6.07, 6.45) is 5.88. The second kappa shape index (κ2) is 9.87. The molecule has 0 aliphatic heterocycles. The quantitative estimate of drug-likeness (QED) is 0.337. The van der Waals surface area contributed by atoms with Crippen LogP contribution in [0.15, 0.2) is 84.9 Å². The molecule has 33 heavy (non-hydrogen) atoms. The average molecular weight is 434 g/mol. The van der Waals surface area contributed by atoms with Crippen molar-refractivity contribution in [2.75, 3.05) is 0 Å². The molecule has 2 heterocycles. The molecule has 0 aliphatic carbocycles. The third kappa shape index (κ3) is 5.49. The summed E-state index contributed by atoms with van der Waals surface area (Å²) in [5, 5.41) is 15.1. The molecule has 0 unspecified atom stereocenters. The summed E-state index contributed by atoms with van der Waals surface area (Å²) in [4.78, 5) is 4.68. The Kier molecular flexibility index (Phi) is 6.15. The van der Waals surface area contributed by atoms with E-state index < -0.39 is 0 Å². The highest BCUT2D eigenvalue weighted by atomic mass is 16.5. The monoisotopic (exact) mass is 433 g/mol. The van der Waals surface area contributed by atoms with Gasteiger partial charge in [0.1, 0.15) is 18.2 Å². The SMILES string of the molecule is C(=C\c1cccc(OCc2ccc3ccccc3n2)c1)/c1cccc(CCc2nnn[nH]2)c1. The molecular weight excluding hydrogens is 410 g/mol. The largest absolute Gasteiger partial charge is 0.487 e. The molecule has 0 saturated carbocycles. The molecule has 5 rings (SSSR count). The van der Waals surface area contributed by atoms with E-state index in [0.29, 0.717) is 6.61 Å². The van der Waals surface area contributed by atoms with E-state index in [0.717, 1.165) is 52.1 Å². The number of para-hydroxylation sites is 1. The second-order valence-electron chi connectivity index (χ2n) is 7.78. The van der Waals surface area contributed by atoms with Gasteiger partial charge in [-0.15, -0.1) is 5.10 Å². The predicted molar refractivity (Wildman–Crippen MR) is 129 cm³/mol. The van der Waals surface area contributed by atoms with E-state index in [1.54, 1.807) is 0 Å². The van der Waals surface area contributed by atoms with Gasteiger partial charge in [-0.3, -0.25) is 0 Å². The van der Waals surface area contributed by atoms with E-state index in [4.69, 9.17) is 4.74 Å². The zero-order chi connectivity index (χ0) is 22.3. The fraction of sp³-hybridized carbons (Fsp3) is 0.111. The Morgan fingerprint density at radius 2 is 1.64 bits per heavy atom. The van der Waals surface area contributed by atoms with Crippen molar-refractivity contribution in [3.05, 3.63) is 113 Å². The zero-order valence-corrected chi connectivity index (χ0v) is 18.1. The topological polar surface area (TPSA) is 76.6 Å². The molecule has 0 bridgehead atoms. The third-order valence-corrected chi connectivity index (χ3v) is 5.36.